The number of pyridine rings is 1. The van der Waals surface area contributed by atoms with E-state index < -0.39 is 17.6 Å². The van der Waals surface area contributed by atoms with Gasteiger partial charge in [-0.2, -0.15) is 0 Å². The molecular formula is C14H12FN3O3. The molecule has 2 rings (SSSR count). The van der Waals surface area contributed by atoms with Crippen molar-refractivity contribution in [2.75, 3.05) is 12.4 Å². The summed E-state index contributed by atoms with van der Waals surface area (Å²) in [4.78, 5) is 26.8. The van der Waals surface area contributed by atoms with Gasteiger partial charge in [0, 0.05) is 11.8 Å². The highest BCUT2D eigenvalue weighted by atomic mass is 19.1. The molecule has 2 amide bonds. The van der Waals surface area contributed by atoms with Gasteiger partial charge in [0.1, 0.15) is 5.75 Å². The van der Waals surface area contributed by atoms with Crippen molar-refractivity contribution in [3.8, 4) is 5.75 Å². The summed E-state index contributed by atoms with van der Waals surface area (Å²) in [6.45, 7) is 0. The zero-order valence-electron chi connectivity index (χ0n) is 11.1. The van der Waals surface area contributed by atoms with Gasteiger partial charge in [-0.15, -0.1) is 0 Å². The summed E-state index contributed by atoms with van der Waals surface area (Å²) in [7, 11) is 1.40. The summed E-state index contributed by atoms with van der Waals surface area (Å²) in [6, 6.07) is 5.55. The fourth-order valence-corrected chi connectivity index (χ4v) is 1.71. The molecule has 0 saturated carbocycles. The van der Waals surface area contributed by atoms with Crippen LogP contribution in [0.2, 0.25) is 0 Å². The van der Waals surface area contributed by atoms with Crippen LogP contribution >= 0.6 is 0 Å². The molecule has 6 nitrogen and oxygen atoms in total. The van der Waals surface area contributed by atoms with Crippen LogP contribution in [0, 0.1) is 5.82 Å². The second kappa shape index (κ2) is 6.00. The summed E-state index contributed by atoms with van der Waals surface area (Å²) < 4.78 is 18.6. The molecule has 1 aromatic heterocycles. The normalized spacial score (nSPS) is 10.0. The van der Waals surface area contributed by atoms with Gasteiger partial charge in [0.05, 0.1) is 24.6 Å². The van der Waals surface area contributed by atoms with Gasteiger partial charge >= 0.3 is 0 Å². The maximum atomic E-state index is 13.5. The van der Waals surface area contributed by atoms with E-state index in [1.165, 1.54) is 37.6 Å². The van der Waals surface area contributed by atoms with Crippen molar-refractivity contribution in [1.29, 1.82) is 0 Å². The van der Waals surface area contributed by atoms with E-state index in [9.17, 15) is 14.0 Å². The maximum absolute atomic E-state index is 13.5. The minimum absolute atomic E-state index is 0.170. The third-order valence-electron chi connectivity index (χ3n) is 2.75. The average molecular weight is 289 g/mol. The average Bonchev–Trinajstić information content (AvgIpc) is 2.47. The minimum atomic E-state index is -0.750. The van der Waals surface area contributed by atoms with Gasteiger partial charge in [0.2, 0.25) is 5.91 Å². The Morgan fingerprint density at radius 1 is 1.33 bits per heavy atom. The van der Waals surface area contributed by atoms with Gasteiger partial charge in [0.25, 0.3) is 5.91 Å². The molecule has 0 atom stereocenters. The molecular weight excluding hydrogens is 277 g/mol. The molecule has 3 N–H and O–H groups in total. The molecule has 2 aromatic rings. The highest BCUT2D eigenvalue weighted by molar-refractivity contribution is 6.06. The van der Waals surface area contributed by atoms with Crippen LogP contribution in [0.25, 0.3) is 0 Å². The topological polar surface area (TPSA) is 94.3 Å². The molecule has 0 spiro atoms. The molecule has 0 radical (unpaired) electrons. The van der Waals surface area contributed by atoms with Crippen LogP contribution < -0.4 is 15.8 Å². The van der Waals surface area contributed by atoms with Crippen LogP contribution in [-0.2, 0) is 0 Å². The lowest BCUT2D eigenvalue weighted by Crippen LogP contribution is -2.16. The first-order valence-electron chi connectivity index (χ1n) is 5.91. The lowest BCUT2D eigenvalue weighted by atomic mass is 10.1. The van der Waals surface area contributed by atoms with E-state index in [2.05, 4.69) is 10.3 Å². The molecule has 108 valence electrons. The molecule has 1 heterocycles. The lowest BCUT2D eigenvalue weighted by molar-refractivity contribution is 0.0995. The number of nitrogens with one attached hydrogen (secondary N) is 1. The molecule has 0 unspecified atom stereocenters. The summed E-state index contributed by atoms with van der Waals surface area (Å²) in [5, 5.41) is 2.47. The van der Waals surface area contributed by atoms with Gasteiger partial charge in [-0.25, -0.2) is 4.39 Å². The van der Waals surface area contributed by atoms with Gasteiger partial charge in [0.15, 0.2) is 5.82 Å². The number of hydrogen-bond donors (Lipinski definition) is 2. The number of nitrogens with two attached hydrogens (primary N) is 1. The fraction of sp³-hybridized carbons (Fsp3) is 0.0714. The number of nitrogens with zero attached hydrogens (tertiary/aromatic N) is 1. The molecule has 0 bridgehead atoms. The van der Waals surface area contributed by atoms with Crippen molar-refractivity contribution in [3.05, 3.63) is 53.6 Å². The number of methoxy groups -OCH3 is 1. The van der Waals surface area contributed by atoms with Gasteiger partial charge < -0.3 is 15.8 Å². The number of halogens is 1. The minimum Gasteiger partial charge on any atom is -0.495 e. The second-order valence-electron chi connectivity index (χ2n) is 4.09. The van der Waals surface area contributed by atoms with Crippen molar-refractivity contribution in [1.82, 2.24) is 4.98 Å². The Morgan fingerprint density at radius 2 is 2.10 bits per heavy atom. The Bertz CT molecular complexity index is 704. The number of amides is 2. The molecule has 0 aliphatic carbocycles. The quantitative estimate of drug-likeness (QED) is 0.893. The number of hydrogen-bond acceptors (Lipinski definition) is 4. The van der Waals surface area contributed by atoms with E-state index in [-0.39, 0.29) is 16.8 Å². The summed E-state index contributed by atoms with van der Waals surface area (Å²) in [5.41, 5.74) is 5.42. The van der Waals surface area contributed by atoms with Gasteiger partial charge in [-0.1, -0.05) is 0 Å². The molecule has 0 aliphatic rings. The zero-order chi connectivity index (χ0) is 15.4. The van der Waals surface area contributed by atoms with E-state index in [1.54, 1.807) is 0 Å². The van der Waals surface area contributed by atoms with E-state index in [0.29, 0.717) is 5.75 Å². The Morgan fingerprint density at radius 3 is 2.71 bits per heavy atom. The van der Waals surface area contributed by atoms with Crippen molar-refractivity contribution < 1.29 is 18.7 Å². The van der Waals surface area contributed by atoms with Crippen molar-refractivity contribution in [2.24, 2.45) is 5.73 Å². The van der Waals surface area contributed by atoms with Crippen molar-refractivity contribution >= 4 is 17.5 Å². The SMILES string of the molecule is COc1ccc(C(N)=O)cc1NC(=O)c1ccncc1F. The Kier molecular flexibility index (Phi) is 4.13. The number of anilines is 1. The third kappa shape index (κ3) is 3.14. The standard InChI is InChI=1S/C14H12FN3O3/c1-21-12-3-2-8(13(16)19)6-11(12)18-14(20)9-4-5-17-7-10(9)15/h2-7H,1H3,(H2,16,19)(H,18,20). The smallest absolute Gasteiger partial charge is 0.258 e. The summed E-state index contributed by atoms with van der Waals surface area (Å²) >= 11 is 0. The van der Waals surface area contributed by atoms with Crippen LogP contribution in [-0.4, -0.2) is 23.9 Å². The molecule has 21 heavy (non-hydrogen) atoms. The molecule has 1 aromatic carbocycles. The van der Waals surface area contributed by atoms with E-state index in [0.717, 1.165) is 6.20 Å². The van der Waals surface area contributed by atoms with E-state index in [4.69, 9.17) is 10.5 Å². The second-order valence-corrected chi connectivity index (χ2v) is 4.09. The van der Waals surface area contributed by atoms with Gasteiger partial charge in [-0.3, -0.25) is 14.6 Å². The number of aromatic nitrogens is 1. The predicted molar refractivity (Wildman–Crippen MR) is 73.7 cm³/mol. The highest BCUT2D eigenvalue weighted by Crippen LogP contribution is 2.26. The zero-order valence-corrected chi connectivity index (χ0v) is 11.1. The third-order valence-corrected chi connectivity index (χ3v) is 2.75. The molecule has 0 aliphatic heterocycles. The molecule has 7 heteroatoms. The maximum Gasteiger partial charge on any atom is 0.258 e. The number of rotatable bonds is 4. The number of primary amides is 1. The predicted octanol–water partition coefficient (Wildman–Crippen LogP) is 1.58. The Balaban J connectivity index is 2.34. The largest absolute Gasteiger partial charge is 0.495 e. The Labute approximate surface area is 119 Å². The number of carbonyl (C=O) groups is 2. The van der Waals surface area contributed by atoms with Crippen LogP contribution in [0.3, 0.4) is 0 Å². The van der Waals surface area contributed by atoms with E-state index >= 15 is 0 Å². The first kappa shape index (κ1) is 14.4. The van der Waals surface area contributed by atoms with Crippen molar-refractivity contribution in [2.45, 2.75) is 0 Å². The lowest BCUT2D eigenvalue weighted by Gasteiger charge is -2.11. The fourth-order valence-electron chi connectivity index (χ4n) is 1.71. The van der Waals surface area contributed by atoms with Crippen LogP contribution in [0.15, 0.2) is 36.7 Å². The first-order chi connectivity index (χ1) is 10.0. The summed E-state index contributed by atoms with van der Waals surface area (Å²) in [5.74, 6) is -1.76. The summed E-state index contributed by atoms with van der Waals surface area (Å²) in [6.07, 6.45) is 2.24. The highest BCUT2D eigenvalue weighted by Gasteiger charge is 2.15. The van der Waals surface area contributed by atoms with Crippen molar-refractivity contribution in [3.63, 3.8) is 0 Å². The van der Waals surface area contributed by atoms with Gasteiger partial charge in [-0.05, 0) is 24.3 Å². The number of carbonyl (C=O) groups excluding carboxylic acids is 2. The van der Waals surface area contributed by atoms with E-state index in [1.807, 2.05) is 0 Å². The number of benzene rings is 1. The number of ether oxygens (including phenoxy) is 1. The Hall–Kier alpha value is -2.96. The van der Waals surface area contributed by atoms with Crippen LogP contribution in [0.4, 0.5) is 10.1 Å². The molecule has 0 fully saturated rings. The monoisotopic (exact) mass is 289 g/mol. The van der Waals surface area contributed by atoms with Crippen LogP contribution in [0.1, 0.15) is 20.7 Å². The van der Waals surface area contributed by atoms with Crippen LogP contribution in [0.5, 0.6) is 5.75 Å². The molecule has 0 saturated heterocycles. The first-order valence-corrected chi connectivity index (χ1v) is 5.91.